The number of carbonyl (C=O) groups excluding carboxylic acids is 1. The number of halogens is 3. The highest BCUT2D eigenvalue weighted by Crippen LogP contribution is 2.29. The number of alkyl halides is 3. The Morgan fingerprint density at radius 2 is 1.78 bits per heavy atom. The lowest BCUT2D eigenvalue weighted by atomic mass is 10.1. The van der Waals surface area contributed by atoms with Crippen LogP contribution in [0.4, 0.5) is 18.9 Å². The number of hydrogen-bond acceptors (Lipinski definition) is 6. The van der Waals surface area contributed by atoms with Crippen LogP contribution >= 0.6 is 0 Å². The number of anilines is 1. The number of nitrogens with one attached hydrogen (secondary N) is 1. The Morgan fingerprint density at radius 3 is 2.38 bits per heavy atom. The lowest BCUT2D eigenvalue weighted by Gasteiger charge is -2.26. The molecule has 0 atom stereocenters. The van der Waals surface area contributed by atoms with Gasteiger partial charge in [-0.25, -0.2) is 8.42 Å². The third-order valence-electron chi connectivity index (χ3n) is 4.55. The van der Waals surface area contributed by atoms with Gasteiger partial charge in [-0.2, -0.15) is 4.31 Å². The fourth-order valence-corrected chi connectivity index (χ4v) is 4.70. The number of benzene rings is 2. The molecule has 2 aromatic carbocycles. The lowest BCUT2D eigenvalue weighted by Crippen LogP contribution is -2.40. The van der Waals surface area contributed by atoms with Crippen LogP contribution in [0.15, 0.2) is 47.4 Å². The Labute approximate surface area is 182 Å². The molecule has 0 unspecified atom stereocenters. The summed E-state index contributed by atoms with van der Waals surface area (Å²) in [6.07, 6.45) is -4.96. The Hall–Kier alpha value is -2.83. The molecule has 0 aromatic heterocycles. The van der Waals surface area contributed by atoms with E-state index in [1.165, 1.54) is 35.7 Å². The summed E-state index contributed by atoms with van der Waals surface area (Å²) in [6.45, 7) is 1.00. The molecule has 2 aromatic rings. The molecule has 1 aliphatic heterocycles. The van der Waals surface area contributed by atoms with E-state index in [1.54, 1.807) is 6.07 Å². The van der Waals surface area contributed by atoms with E-state index in [1.807, 2.05) is 0 Å². The Bertz CT molecular complexity index is 1050. The van der Waals surface area contributed by atoms with Crippen molar-refractivity contribution in [2.24, 2.45) is 0 Å². The quantitative estimate of drug-likeness (QED) is 0.663. The van der Waals surface area contributed by atoms with E-state index < -0.39 is 28.0 Å². The van der Waals surface area contributed by atoms with Crippen LogP contribution in [0.3, 0.4) is 0 Å². The number of morpholine rings is 1. The molecular weight excluding hydrogens is 453 g/mol. The fourth-order valence-electron chi connectivity index (χ4n) is 3.09. The van der Waals surface area contributed by atoms with Crippen LogP contribution in [0, 0.1) is 0 Å². The summed E-state index contributed by atoms with van der Waals surface area (Å²) in [6, 6.07) is 9.09. The van der Waals surface area contributed by atoms with E-state index in [-0.39, 0.29) is 49.1 Å². The average Bonchev–Trinajstić information content (AvgIpc) is 2.74. The molecule has 12 heteroatoms. The van der Waals surface area contributed by atoms with Gasteiger partial charge in [-0.05, 0) is 42.0 Å². The number of carbonyl (C=O) groups is 1. The molecule has 0 bridgehead atoms. The van der Waals surface area contributed by atoms with Gasteiger partial charge in [0.1, 0.15) is 16.4 Å². The molecule has 1 fully saturated rings. The minimum atomic E-state index is -4.81. The monoisotopic (exact) mass is 474 g/mol. The van der Waals surface area contributed by atoms with Crippen LogP contribution in [0.25, 0.3) is 0 Å². The number of amides is 1. The van der Waals surface area contributed by atoms with Crippen molar-refractivity contribution in [2.45, 2.75) is 17.7 Å². The number of sulfonamides is 1. The molecule has 1 N–H and O–H groups in total. The molecule has 0 saturated carbocycles. The maximum absolute atomic E-state index is 13.0. The summed E-state index contributed by atoms with van der Waals surface area (Å²) >= 11 is 0. The van der Waals surface area contributed by atoms with Crippen molar-refractivity contribution in [1.29, 1.82) is 0 Å². The summed E-state index contributed by atoms with van der Waals surface area (Å²) in [5.74, 6) is -0.737. The number of nitrogens with zero attached hydrogens (tertiary/aromatic N) is 1. The molecule has 0 aliphatic carbocycles. The molecule has 3 rings (SSSR count). The van der Waals surface area contributed by atoms with Gasteiger partial charge in [0.2, 0.25) is 15.9 Å². The van der Waals surface area contributed by atoms with Crippen molar-refractivity contribution in [2.75, 3.05) is 38.7 Å². The second-order valence-electron chi connectivity index (χ2n) is 6.80. The van der Waals surface area contributed by atoms with Crippen LogP contribution in [-0.2, 0) is 26.0 Å². The highest BCUT2D eigenvalue weighted by Gasteiger charge is 2.31. The first-order chi connectivity index (χ1) is 15.1. The number of rotatable bonds is 7. The van der Waals surface area contributed by atoms with Gasteiger partial charge in [0.25, 0.3) is 0 Å². The number of hydrogen-bond donors (Lipinski definition) is 1. The largest absolute Gasteiger partial charge is 0.573 e. The minimum Gasteiger partial charge on any atom is -0.495 e. The molecule has 8 nitrogen and oxygen atoms in total. The van der Waals surface area contributed by atoms with E-state index in [0.717, 1.165) is 12.1 Å². The molecule has 1 amide bonds. The van der Waals surface area contributed by atoms with Gasteiger partial charge in [-0.15, -0.1) is 13.2 Å². The third kappa shape index (κ3) is 6.11. The first kappa shape index (κ1) is 23.8. The van der Waals surface area contributed by atoms with Crippen LogP contribution in [0.1, 0.15) is 5.56 Å². The van der Waals surface area contributed by atoms with Gasteiger partial charge >= 0.3 is 6.36 Å². The predicted molar refractivity (Wildman–Crippen MR) is 108 cm³/mol. The topological polar surface area (TPSA) is 94.2 Å². The lowest BCUT2D eigenvalue weighted by molar-refractivity contribution is -0.274. The minimum absolute atomic E-state index is 0.0548. The van der Waals surface area contributed by atoms with Crippen molar-refractivity contribution in [3.8, 4) is 11.5 Å². The van der Waals surface area contributed by atoms with Gasteiger partial charge in [0.05, 0.1) is 26.7 Å². The smallest absolute Gasteiger partial charge is 0.495 e. The highest BCUT2D eigenvalue weighted by atomic mass is 32.2. The molecule has 32 heavy (non-hydrogen) atoms. The molecule has 0 radical (unpaired) electrons. The second-order valence-corrected chi connectivity index (χ2v) is 8.71. The summed E-state index contributed by atoms with van der Waals surface area (Å²) < 4.78 is 78.2. The molecule has 0 spiro atoms. The van der Waals surface area contributed by atoms with Gasteiger partial charge in [0, 0.05) is 18.8 Å². The molecule has 1 heterocycles. The summed E-state index contributed by atoms with van der Waals surface area (Å²) in [7, 11) is -2.50. The molecule has 1 aliphatic rings. The average molecular weight is 474 g/mol. The molecule has 174 valence electrons. The second kappa shape index (κ2) is 9.76. The van der Waals surface area contributed by atoms with Crippen molar-refractivity contribution >= 4 is 21.6 Å². The number of ether oxygens (including phenoxy) is 3. The molecule has 1 saturated heterocycles. The normalized spacial score (nSPS) is 15.2. The highest BCUT2D eigenvalue weighted by molar-refractivity contribution is 7.89. The van der Waals surface area contributed by atoms with E-state index in [0.29, 0.717) is 5.56 Å². The standard InChI is InChI=1S/C20H21F3N2O6S/c1-29-17-7-2-14(12-18(17)32(27,28)25-8-10-30-11-9-25)13-19(26)24-15-3-5-16(6-4-15)31-20(21,22)23/h2-7,12H,8-11,13H2,1H3,(H,24,26). The fraction of sp³-hybridized carbons (Fsp3) is 0.350. The first-order valence-electron chi connectivity index (χ1n) is 9.49. The van der Waals surface area contributed by atoms with Crippen molar-refractivity contribution in [1.82, 2.24) is 4.31 Å². The van der Waals surface area contributed by atoms with E-state index in [4.69, 9.17) is 9.47 Å². The van der Waals surface area contributed by atoms with Crippen molar-refractivity contribution < 1.29 is 40.6 Å². The van der Waals surface area contributed by atoms with E-state index >= 15 is 0 Å². The number of methoxy groups -OCH3 is 1. The first-order valence-corrected chi connectivity index (χ1v) is 10.9. The van der Waals surface area contributed by atoms with Crippen LogP contribution in [0.5, 0.6) is 11.5 Å². The maximum Gasteiger partial charge on any atom is 0.573 e. The Kier molecular flexibility index (Phi) is 7.26. The summed E-state index contributed by atoms with van der Waals surface area (Å²) in [5, 5.41) is 2.55. The Morgan fingerprint density at radius 1 is 1.12 bits per heavy atom. The maximum atomic E-state index is 13.0. The zero-order valence-corrected chi connectivity index (χ0v) is 17.8. The van der Waals surface area contributed by atoms with Crippen LogP contribution < -0.4 is 14.8 Å². The van der Waals surface area contributed by atoms with Gasteiger partial charge in [0.15, 0.2) is 0 Å². The summed E-state index contributed by atoms with van der Waals surface area (Å²) in [5.41, 5.74) is 0.686. The third-order valence-corrected chi connectivity index (χ3v) is 6.47. The SMILES string of the molecule is COc1ccc(CC(=O)Nc2ccc(OC(F)(F)F)cc2)cc1S(=O)(=O)N1CCOCC1. The van der Waals surface area contributed by atoms with Crippen LogP contribution in [-0.4, -0.2) is 58.4 Å². The summed E-state index contributed by atoms with van der Waals surface area (Å²) in [4.78, 5) is 12.3. The van der Waals surface area contributed by atoms with Crippen LogP contribution in [0.2, 0.25) is 0 Å². The van der Waals surface area contributed by atoms with E-state index in [9.17, 15) is 26.4 Å². The molecular formula is C20H21F3N2O6S. The van der Waals surface area contributed by atoms with Crippen molar-refractivity contribution in [3.63, 3.8) is 0 Å². The van der Waals surface area contributed by atoms with Gasteiger partial charge in [-0.3, -0.25) is 4.79 Å². The van der Waals surface area contributed by atoms with Crippen molar-refractivity contribution in [3.05, 3.63) is 48.0 Å². The van der Waals surface area contributed by atoms with Gasteiger partial charge in [-0.1, -0.05) is 6.07 Å². The van der Waals surface area contributed by atoms with E-state index in [2.05, 4.69) is 10.1 Å². The predicted octanol–water partition coefficient (Wildman–Crippen LogP) is 2.80. The zero-order valence-electron chi connectivity index (χ0n) is 17.0. The zero-order chi connectivity index (χ0) is 23.4. The van der Waals surface area contributed by atoms with Gasteiger partial charge < -0.3 is 19.5 Å². The Balaban J connectivity index is 1.72.